The van der Waals surface area contributed by atoms with E-state index in [4.69, 9.17) is 9.47 Å². The standard InChI is InChI=1S/C15H21N2O4S.6C2H6.U.Y.H2/c18-22(19,15-4-2-1-3-5-15)16-13-10-14(12-21-11-13)17-6-8-20-9-7-17;6*1-2;;;/h1-5,10,13-14,16H,6-9,11-12H2;6*1-2H3;;;1H/q-1;;;;;;;;;/i;;;;;;;;;1+2. The minimum atomic E-state index is -3.52. The minimum Gasteiger partial charge on any atom is -0.384 e. The van der Waals surface area contributed by atoms with Gasteiger partial charge >= 0.3 is 0 Å². The predicted octanol–water partition coefficient (Wildman–Crippen LogP) is 6.67. The van der Waals surface area contributed by atoms with Gasteiger partial charge in [-0.1, -0.05) is 113 Å². The minimum absolute atomic E-state index is 0. The van der Waals surface area contributed by atoms with E-state index in [1.807, 2.05) is 89.5 Å². The fourth-order valence-corrected chi connectivity index (χ4v) is 3.97. The second-order valence-corrected chi connectivity index (χ2v) is 7.20. The van der Waals surface area contributed by atoms with E-state index in [0.717, 1.165) is 13.1 Å². The van der Waals surface area contributed by atoms with Crippen molar-refractivity contribution < 1.29 is 83.1 Å². The molecule has 0 amide bonds. The van der Waals surface area contributed by atoms with E-state index in [1.165, 1.54) is 0 Å². The summed E-state index contributed by atoms with van der Waals surface area (Å²) in [6, 6.07) is 8.21. The van der Waals surface area contributed by atoms with Gasteiger partial charge in [0.25, 0.3) is 0 Å². The van der Waals surface area contributed by atoms with Gasteiger partial charge < -0.3 is 14.4 Å². The molecule has 2 heterocycles. The topological polar surface area (TPSA) is 67.9 Å². The van der Waals surface area contributed by atoms with Crippen molar-refractivity contribution >= 4 is 10.0 Å². The summed E-state index contributed by atoms with van der Waals surface area (Å²) in [5, 5.41) is 0. The molecule has 2 unspecified atom stereocenters. The Morgan fingerprint density at radius 3 is 1.69 bits per heavy atom. The molecule has 215 valence electrons. The van der Waals surface area contributed by atoms with E-state index in [9.17, 15) is 8.42 Å². The molecule has 2 atom stereocenters. The third-order valence-electron chi connectivity index (χ3n) is 3.92. The number of nitrogens with one attached hydrogen (secondary N) is 1. The van der Waals surface area contributed by atoms with Gasteiger partial charge in [-0.2, -0.15) is 0 Å². The smallest absolute Gasteiger partial charge is 0.238 e. The maximum atomic E-state index is 12.4. The summed E-state index contributed by atoms with van der Waals surface area (Å²) in [6.07, 6.45) is 2.04. The van der Waals surface area contributed by atoms with E-state index in [2.05, 4.69) is 9.62 Å². The Morgan fingerprint density at radius 2 is 1.25 bits per heavy atom. The number of morpholine rings is 1. The van der Waals surface area contributed by atoms with Crippen molar-refractivity contribution in [3.05, 3.63) is 36.8 Å². The van der Waals surface area contributed by atoms with Crippen LogP contribution in [0.3, 0.4) is 0 Å². The van der Waals surface area contributed by atoms with Crippen LogP contribution in [-0.2, 0) is 52.2 Å². The molecule has 1 radical (unpaired) electrons. The Bertz CT molecular complexity index is 597. The van der Waals surface area contributed by atoms with E-state index in [0.29, 0.717) is 26.4 Å². The Labute approximate surface area is 276 Å². The van der Waals surface area contributed by atoms with E-state index in [-0.39, 0.29) is 82.2 Å². The molecular formula is C27H59N2O4SUY-. The summed E-state index contributed by atoms with van der Waals surface area (Å²) in [7, 11) is -3.52. The van der Waals surface area contributed by atoms with Crippen molar-refractivity contribution in [1.82, 2.24) is 9.62 Å². The number of sulfonamides is 1. The SMILES string of the molecule is CC.CC.CC.CC.CC.CC.O=S(=O)(NC1[CH-]C(N2CCOCC2)COC1)c1ccccc1.[3HH].[U].[Y]. The molecule has 2 fully saturated rings. The number of nitrogens with zero attached hydrogens (tertiary/aromatic N) is 1. The van der Waals surface area contributed by atoms with Crippen LogP contribution in [-0.4, -0.2) is 64.9 Å². The summed E-state index contributed by atoms with van der Waals surface area (Å²) in [5.74, 6) is 0. The van der Waals surface area contributed by atoms with Crippen molar-refractivity contribution in [2.75, 3.05) is 39.5 Å². The predicted molar refractivity (Wildman–Crippen MR) is 152 cm³/mol. The van der Waals surface area contributed by atoms with Gasteiger partial charge in [0, 0.05) is 91.6 Å². The van der Waals surface area contributed by atoms with Gasteiger partial charge in [0.05, 0.1) is 18.1 Å². The maximum absolute atomic E-state index is 12.4. The van der Waals surface area contributed by atoms with Crippen molar-refractivity contribution in [3.8, 4) is 0 Å². The molecule has 3 rings (SSSR count). The Morgan fingerprint density at radius 1 is 0.806 bits per heavy atom. The molecule has 9 heteroatoms. The quantitative estimate of drug-likeness (QED) is 0.344. The molecule has 2 aliphatic heterocycles. The largest absolute Gasteiger partial charge is 0.384 e. The van der Waals surface area contributed by atoms with E-state index < -0.39 is 10.0 Å². The fourth-order valence-electron chi connectivity index (χ4n) is 2.77. The zero-order valence-corrected chi connectivity index (χ0v) is 33.2. The fraction of sp³-hybridized carbons (Fsp3) is 0.741. The van der Waals surface area contributed by atoms with Crippen LogP contribution in [0.1, 0.15) is 84.5 Å². The monoisotopic (exact) mass is 836 g/mol. The summed E-state index contributed by atoms with van der Waals surface area (Å²) in [4.78, 5) is 2.55. The van der Waals surface area contributed by atoms with Crippen LogP contribution < -0.4 is 4.72 Å². The van der Waals surface area contributed by atoms with Gasteiger partial charge in [-0.05, 0) is 12.1 Å². The van der Waals surface area contributed by atoms with Crippen LogP contribution in [0.4, 0.5) is 0 Å². The van der Waals surface area contributed by atoms with Crippen LogP contribution in [0.5, 0.6) is 0 Å². The molecule has 0 bridgehead atoms. The molecule has 1 N–H and O–H groups in total. The molecule has 0 aliphatic carbocycles. The third kappa shape index (κ3) is 23.1. The Balaban J connectivity index is -0.000000106. The van der Waals surface area contributed by atoms with Crippen LogP contribution in [0, 0.1) is 37.5 Å². The van der Waals surface area contributed by atoms with Gasteiger partial charge in [-0.3, -0.25) is 6.42 Å². The zero-order chi connectivity index (χ0) is 27.4. The van der Waals surface area contributed by atoms with Crippen molar-refractivity contribution in [2.45, 2.75) is 100 Å². The first-order valence-corrected chi connectivity index (χ1v) is 15.0. The van der Waals surface area contributed by atoms with Gasteiger partial charge in [0.15, 0.2) is 0 Å². The van der Waals surface area contributed by atoms with Crippen LogP contribution in [0.25, 0.3) is 0 Å². The molecular weight excluding hydrogens is 775 g/mol. The second-order valence-electron chi connectivity index (χ2n) is 5.49. The average molecular weight is 837 g/mol. The van der Waals surface area contributed by atoms with Crippen molar-refractivity contribution in [2.24, 2.45) is 0 Å². The molecule has 0 aromatic heterocycles. The number of hydrogen-bond acceptors (Lipinski definition) is 5. The first-order chi connectivity index (χ1) is 16.6. The van der Waals surface area contributed by atoms with Gasteiger partial charge in [0.1, 0.15) is 0 Å². The van der Waals surface area contributed by atoms with Gasteiger partial charge in [-0.15, -0.1) is 0 Å². The Kier molecular flexibility index (Phi) is 53.3. The van der Waals surface area contributed by atoms with E-state index in [1.54, 1.807) is 30.3 Å². The van der Waals surface area contributed by atoms with Gasteiger partial charge in [0.2, 0.25) is 10.0 Å². The summed E-state index contributed by atoms with van der Waals surface area (Å²) in [5.41, 5.74) is 0. The molecule has 0 saturated carbocycles. The summed E-state index contributed by atoms with van der Waals surface area (Å²) >= 11 is 0. The van der Waals surface area contributed by atoms with Crippen LogP contribution in [0.15, 0.2) is 35.2 Å². The molecule has 0 spiro atoms. The van der Waals surface area contributed by atoms with Crippen molar-refractivity contribution in [1.29, 1.82) is 0 Å². The molecule has 36 heavy (non-hydrogen) atoms. The van der Waals surface area contributed by atoms with Crippen LogP contribution >= 0.6 is 0 Å². The molecule has 2 aliphatic rings. The number of ether oxygens (including phenoxy) is 2. The third-order valence-corrected chi connectivity index (χ3v) is 5.42. The second kappa shape index (κ2) is 38.3. The maximum Gasteiger partial charge on any atom is 0.238 e. The first-order valence-electron chi connectivity index (χ1n) is 13.5. The summed E-state index contributed by atoms with van der Waals surface area (Å²) in [6.45, 7) is 28.1. The zero-order valence-electron chi connectivity index (χ0n) is 25.4. The van der Waals surface area contributed by atoms with Crippen LogP contribution in [0.2, 0.25) is 0 Å². The number of rotatable bonds is 4. The Hall–Kier alpha value is 1.17. The van der Waals surface area contributed by atoms with E-state index >= 15 is 0 Å². The molecule has 1 aromatic carbocycles. The molecule has 1 aromatic rings. The molecule has 2 saturated heterocycles. The van der Waals surface area contributed by atoms with Gasteiger partial charge in [-0.25, -0.2) is 13.1 Å². The normalized spacial score (nSPS) is 17.9. The number of hydrogen-bond donors (Lipinski definition) is 1. The summed E-state index contributed by atoms with van der Waals surface area (Å²) < 4.78 is 38.4. The molecule has 6 nitrogen and oxygen atoms in total. The number of benzene rings is 1. The van der Waals surface area contributed by atoms with Crippen molar-refractivity contribution in [3.63, 3.8) is 0 Å². The average Bonchev–Trinajstić information content (AvgIpc) is 2.96. The first kappa shape index (κ1) is 50.0.